The summed E-state index contributed by atoms with van der Waals surface area (Å²) in [5.41, 5.74) is 1.59. The second-order valence-electron chi connectivity index (χ2n) is 6.25. The van der Waals surface area contributed by atoms with E-state index in [9.17, 15) is 9.18 Å². The van der Waals surface area contributed by atoms with Crippen molar-refractivity contribution < 1.29 is 13.9 Å². The van der Waals surface area contributed by atoms with Crippen LogP contribution in [0.1, 0.15) is 29.8 Å². The number of nitrogens with zero attached hydrogens (tertiary/aromatic N) is 1. The number of carbonyl (C=O) groups is 1. The van der Waals surface area contributed by atoms with Gasteiger partial charge in [0, 0.05) is 31.8 Å². The molecule has 6 nitrogen and oxygen atoms in total. The van der Waals surface area contributed by atoms with E-state index in [0.29, 0.717) is 36.9 Å². The zero-order valence-corrected chi connectivity index (χ0v) is 19.2. The first-order valence-electron chi connectivity index (χ1n) is 9.25. The van der Waals surface area contributed by atoms with Crippen LogP contribution in [0.25, 0.3) is 0 Å². The van der Waals surface area contributed by atoms with E-state index in [2.05, 4.69) is 20.9 Å². The molecule has 0 spiro atoms. The molecule has 0 fully saturated rings. The summed E-state index contributed by atoms with van der Waals surface area (Å²) in [6.45, 7) is 5.38. The standard InChI is InChI=1S/C21H27FN4O2.HI/c1-4-24-20(27)17-8-5-7-16(11-17)14-26-21(23-3)25-13-15(2)28-19-10-6-9-18(22)12-19;/h5-12,15H,4,13-14H2,1-3H3,(H,24,27)(H2,23,25,26);1H. The van der Waals surface area contributed by atoms with Crippen molar-refractivity contribution in [1.82, 2.24) is 16.0 Å². The highest BCUT2D eigenvalue weighted by molar-refractivity contribution is 14.0. The number of rotatable bonds is 8. The molecule has 2 aromatic carbocycles. The first kappa shape index (κ1) is 24.7. The third kappa shape index (κ3) is 8.68. The normalized spacial score (nSPS) is 11.8. The maximum atomic E-state index is 13.2. The number of amides is 1. The lowest BCUT2D eigenvalue weighted by molar-refractivity contribution is 0.0955. The molecule has 2 rings (SSSR count). The van der Waals surface area contributed by atoms with Gasteiger partial charge in [-0.25, -0.2) is 4.39 Å². The van der Waals surface area contributed by atoms with Crippen LogP contribution in [0, 0.1) is 5.82 Å². The van der Waals surface area contributed by atoms with Gasteiger partial charge in [0.1, 0.15) is 17.7 Å². The predicted molar refractivity (Wildman–Crippen MR) is 125 cm³/mol. The summed E-state index contributed by atoms with van der Waals surface area (Å²) in [5, 5.41) is 9.17. The minimum absolute atomic E-state index is 0. The van der Waals surface area contributed by atoms with Gasteiger partial charge in [-0.3, -0.25) is 9.79 Å². The largest absolute Gasteiger partial charge is 0.489 e. The molecule has 0 aliphatic heterocycles. The third-order valence-electron chi connectivity index (χ3n) is 3.90. The maximum absolute atomic E-state index is 13.2. The SMILES string of the molecule is CCNC(=O)c1cccc(CNC(=NC)NCC(C)Oc2cccc(F)c2)c1.I. The fraction of sp³-hybridized carbons (Fsp3) is 0.333. The van der Waals surface area contributed by atoms with Gasteiger partial charge in [-0.2, -0.15) is 0 Å². The van der Waals surface area contributed by atoms with Gasteiger partial charge in [0.2, 0.25) is 0 Å². The molecule has 1 atom stereocenters. The van der Waals surface area contributed by atoms with Crippen LogP contribution in [0.2, 0.25) is 0 Å². The Labute approximate surface area is 188 Å². The van der Waals surface area contributed by atoms with Crippen molar-refractivity contribution >= 4 is 35.8 Å². The number of ether oxygens (including phenoxy) is 1. The Morgan fingerprint density at radius 2 is 1.90 bits per heavy atom. The number of hydrogen-bond donors (Lipinski definition) is 3. The second-order valence-corrected chi connectivity index (χ2v) is 6.25. The Bertz CT molecular complexity index is 817. The van der Waals surface area contributed by atoms with Crippen molar-refractivity contribution in [3.05, 3.63) is 65.5 Å². The van der Waals surface area contributed by atoms with Crippen LogP contribution in [-0.2, 0) is 6.54 Å². The molecule has 0 saturated carbocycles. The molecule has 29 heavy (non-hydrogen) atoms. The number of carbonyl (C=O) groups excluding carboxylic acids is 1. The summed E-state index contributed by atoms with van der Waals surface area (Å²) in [6, 6.07) is 13.5. The maximum Gasteiger partial charge on any atom is 0.251 e. The highest BCUT2D eigenvalue weighted by Gasteiger charge is 2.08. The lowest BCUT2D eigenvalue weighted by Crippen LogP contribution is -2.41. The Morgan fingerprint density at radius 3 is 2.59 bits per heavy atom. The van der Waals surface area contributed by atoms with E-state index in [1.807, 2.05) is 32.0 Å². The van der Waals surface area contributed by atoms with E-state index in [1.165, 1.54) is 12.1 Å². The van der Waals surface area contributed by atoms with Crippen molar-refractivity contribution in [3.8, 4) is 5.75 Å². The Morgan fingerprint density at radius 1 is 1.14 bits per heavy atom. The monoisotopic (exact) mass is 514 g/mol. The average molecular weight is 514 g/mol. The first-order chi connectivity index (χ1) is 13.5. The smallest absolute Gasteiger partial charge is 0.251 e. The molecule has 0 heterocycles. The van der Waals surface area contributed by atoms with Gasteiger partial charge in [-0.15, -0.1) is 24.0 Å². The summed E-state index contributed by atoms with van der Waals surface area (Å²) in [5.74, 6) is 0.678. The first-order valence-corrected chi connectivity index (χ1v) is 9.25. The van der Waals surface area contributed by atoms with Gasteiger partial charge in [0.25, 0.3) is 5.91 Å². The van der Waals surface area contributed by atoms with Crippen LogP contribution in [0.3, 0.4) is 0 Å². The molecule has 0 aliphatic rings. The number of benzene rings is 2. The van der Waals surface area contributed by atoms with Crippen LogP contribution in [0.4, 0.5) is 4.39 Å². The van der Waals surface area contributed by atoms with E-state index in [-0.39, 0.29) is 41.8 Å². The van der Waals surface area contributed by atoms with Gasteiger partial charge in [0.15, 0.2) is 5.96 Å². The summed E-state index contributed by atoms with van der Waals surface area (Å²) in [7, 11) is 1.68. The number of guanidine groups is 1. The van der Waals surface area contributed by atoms with Crippen LogP contribution < -0.4 is 20.7 Å². The van der Waals surface area contributed by atoms with E-state index in [0.717, 1.165) is 5.56 Å². The van der Waals surface area contributed by atoms with Crippen LogP contribution in [0.5, 0.6) is 5.75 Å². The Balaban J connectivity index is 0.00000420. The number of halogens is 2. The van der Waals surface area contributed by atoms with Gasteiger partial charge < -0.3 is 20.7 Å². The topological polar surface area (TPSA) is 74.8 Å². The van der Waals surface area contributed by atoms with Crippen LogP contribution >= 0.6 is 24.0 Å². The van der Waals surface area contributed by atoms with Gasteiger partial charge in [0.05, 0.1) is 6.54 Å². The molecule has 0 saturated heterocycles. The third-order valence-corrected chi connectivity index (χ3v) is 3.90. The Hall–Kier alpha value is -2.36. The lowest BCUT2D eigenvalue weighted by Gasteiger charge is -2.18. The Kier molecular flexibility index (Phi) is 11.0. The quantitative estimate of drug-likeness (QED) is 0.287. The van der Waals surface area contributed by atoms with E-state index >= 15 is 0 Å². The predicted octanol–water partition coefficient (Wildman–Crippen LogP) is 3.33. The minimum Gasteiger partial charge on any atom is -0.489 e. The van der Waals surface area contributed by atoms with Gasteiger partial charge in [-0.1, -0.05) is 18.2 Å². The minimum atomic E-state index is -0.329. The van der Waals surface area contributed by atoms with E-state index in [1.54, 1.807) is 25.2 Å². The van der Waals surface area contributed by atoms with Crippen molar-refractivity contribution in [2.45, 2.75) is 26.5 Å². The molecular formula is C21H28FIN4O2. The second kappa shape index (κ2) is 13.0. The summed E-state index contributed by atoms with van der Waals surface area (Å²) >= 11 is 0. The van der Waals surface area contributed by atoms with E-state index < -0.39 is 0 Å². The molecular weight excluding hydrogens is 486 g/mol. The zero-order chi connectivity index (χ0) is 20.4. The van der Waals surface area contributed by atoms with Crippen LogP contribution in [-0.4, -0.2) is 38.1 Å². The highest BCUT2D eigenvalue weighted by Crippen LogP contribution is 2.13. The fourth-order valence-corrected chi connectivity index (χ4v) is 2.55. The number of hydrogen-bond acceptors (Lipinski definition) is 3. The van der Waals surface area contributed by atoms with Gasteiger partial charge in [-0.05, 0) is 43.7 Å². The molecule has 0 aromatic heterocycles. The van der Waals surface area contributed by atoms with Crippen LogP contribution in [0.15, 0.2) is 53.5 Å². The molecule has 2 aromatic rings. The van der Waals surface area contributed by atoms with Crippen molar-refractivity contribution in [2.75, 3.05) is 20.1 Å². The fourth-order valence-electron chi connectivity index (χ4n) is 2.55. The van der Waals surface area contributed by atoms with Crippen molar-refractivity contribution in [3.63, 3.8) is 0 Å². The number of aliphatic imine (C=N–C) groups is 1. The van der Waals surface area contributed by atoms with Crippen molar-refractivity contribution in [1.29, 1.82) is 0 Å². The molecule has 1 amide bonds. The summed E-state index contributed by atoms with van der Waals surface area (Å²) in [6.07, 6.45) is -0.179. The van der Waals surface area contributed by atoms with Gasteiger partial charge >= 0.3 is 0 Å². The van der Waals surface area contributed by atoms with E-state index in [4.69, 9.17) is 4.74 Å². The molecule has 0 bridgehead atoms. The molecule has 158 valence electrons. The summed E-state index contributed by atoms with van der Waals surface area (Å²) in [4.78, 5) is 16.1. The lowest BCUT2D eigenvalue weighted by atomic mass is 10.1. The highest BCUT2D eigenvalue weighted by atomic mass is 127. The molecule has 3 N–H and O–H groups in total. The van der Waals surface area contributed by atoms with Crippen molar-refractivity contribution in [2.24, 2.45) is 4.99 Å². The molecule has 0 radical (unpaired) electrons. The molecule has 0 aliphatic carbocycles. The average Bonchev–Trinajstić information content (AvgIpc) is 2.68. The zero-order valence-electron chi connectivity index (χ0n) is 16.9. The summed E-state index contributed by atoms with van der Waals surface area (Å²) < 4.78 is 18.9. The number of nitrogens with one attached hydrogen (secondary N) is 3. The molecule has 8 heteroatoms. The molecule has 1 unspecified atom stereocenters.